The molecular weight excluding hydrogens is 497 g/mol. The van der Waals surface area contributed by atoms with E-state index < -0.39 is 28.5 Å². The molecule has 0 radical (unpaired) electrons. The summed E-state index contributed by atoms with van der Waals surface area (Å²) >= 11 is 12.2. The van der Waals surface area contributed by atoms with Gasteiger partial charge in [0.25, 0.3) is 0 Å². The Morgan fingerprint density at radius 3 is 2.29 bits per heavy atom. The highest BCUT2D eigenvalue weighted by molar-refractivity contribution is 7.92. The molecule has 7 nitrogen and oxygen atoms in total. The van der Waals surface area contributed by atoms with Crippen molar-refractivity contribution in [2.45, 2.75) is 52.7 Å². The Balaban J connectivity index is 2.41. The lowest BCUT2D eigenvalue weighted by Gasteiger charge is -2.32. The van der Waals surface area contributed by atoms with E-state index in [1.165, 1.54) is 4.90 Å². The number of hydrogen-bond acceptors (Lipinski definition) is 4. The SMILES string of the molecule is CC[C@@H](C)NC(=O)[C@H](C)N(Cc1ccc(Cl)c(Cl)c1)C(=O)CN(c1cccc(C)c1)S(C)(=O)=O. The summed E-state index contributed by atoms with van der Waals surface area (Å²) in [5.41, 5.74) is 1.89. The van der Waals surface area contributed by atoms with Crippen molar-refractivity contribution in [2.75, 3.05) is 17.1 Å². The molecule has 2 atom stereocenters. The molecule has 0 fully saturated rings. The van der Waals surface area contributed by atoms with Gasteiger partial charge in [-0.1, -0.05) is 48.3 Å². The summed E-state index contributed by atoms with van der Waals surface area (Å²) in [6, 6.07) is 10.9. The van der Waals surface area contributed by atoms with Crippen molar-refractivity contribution in [3.63, 3.8) is 0 Å². The zero-order valence-corrected chi connectivity index (χ0v) is 22.3. The minimum atomic E-state index is -3.77. The number of aryl methyl sites for hydroxylation is 1. The molecule has 2 aromatic rings. The first-order valence-corrected chi connectivity index (χ1v) is 13.5. The van der Waals surface area contributed by atoms with Gasteiger partial charge in [0.15, 0.2) is 0 Å². The molecule has 0 aliphatic rings. The first-order chi connectivity index (χ1) is 15.8. The summed E-state index contributed by atoms with van der Waals surface area (Å²) in [4.78, 5) is 27.7. The highest BCUT2D eigenvalue weighted by atomic mass is 35.5. The van der Waals surface area contributed by atoms with Gasteiger partial charge in [-0.15, -0.1) is 0 Å². The van der Waals surface area contributed by atoms with Crippen LogP contribution in [0.15, 0.2) is 42.5 Å². The van der Waals surface area contributed by atoms with Crippen LogP contribution in [0.2, 0.25) is 10.0 Å². The van der Waals surface area contributed by atoms with Gasteiger partial charge < -0.3 is 10.2 Å². The van der Waals surface area contributed by atoms with Gasteiger partial charge in [0.2, 0.25) is 21.8 Å². The number of carbonyl (C=O) groups is 2. The van der Waals surface area contributed by atoms with Crippen molar-refractivity contribution in [1.82, 2.24) is 10.2 Å². The third-order valence-electron chi connectivity index (χ3n) is 5.47. The standard InChI is InChI=1S/C24H31Cl2N3O4S/c1-6-17(3)27-24(31)18(4)28(14-19-10-11-21(25)22(26)13-19)23(30)15-29(34(5,32)33)20-9-7-8-16(2)12-20/h7-13,17-18H,6,14-15H2,1-5H3,(H,27,31)/t17-,18+/m1/s1. The Hall–Kier alpha value is -2.29. The Bertz CT molecular complexity index is 1140. The number of carbonyl (C=O) groups excluding carboxylic acids is 2. The van der Waals surface area contributed by atoms with E-state index in [2.05, 4.69) is 5.32 Å². The predicted octanol–water partition coefficient (Wildman–Crippen LogP) is 4.40. The third-order valence-corrected chi connectivity index (χ3v) is 7.35. The van der Waals surface area contributed by atoms with Crippen molar-refractivity contribution in [2.24, 2.45) is 0 Å². The molecule has 1 N–H and O–H groups in total. The number of rotatable bonds is 10. The number of benzene rings is 2. The molecule has 0 aromatic heterocycles. The molecule has 34 heavy (non-hydrogen) atoms. The Kier molecular flexibility index (Phi) is 9.79. The minimum absolute atomic E-state index is 0.0518. The fourth-order valence-corrected chi connectivity index (χ4v) is 4.44. The number of halogens is 2. The van der Waals surface area contributed by atoms with E-state index in [-0.39, 0.29) is 18.5 Å². The molecule has 10 heteroatoms. The third kappa shape index (κ3) is 7.61. The van der Waals surface area contributed by atoms with Crippen LogP contribution in [0, 0.1) is 6.92 Å². The van der Waals surface area contributed by atoms with Gasteiger partial charge in [-0.05, 0) is 62.6 Å². The maximum absolute atomic E-state index is 13.5. The van der Waals surface area contributed by atoms with Crippen molar-refractivity contribution >= 4 is 50.7 Å². The number of anilines is 1. The van der Waals surface area contributed by atoms with Gasteiger partial charge in [0.1, 0.15) is 12.6 Å². The molecule has 0 spiro atoms. The van der Waals surface area contributed by atoms with Crippen LogP contribution in [0.25, 0.3) is 0 Å². The van der Waals surface area contributed by atoms with Crippen molar-refractivity contribution in [3.8, 4) is 0 Å². The maximum atomic E-state index is 13.5. The van der Waals surface area contributed by atoms with Crippen LogP contribution in [0.3, 0.4) is 0 Å². The number of nitrogens with zero attached hydrogens (tertiary/aromatic N) is 2. The quantitative estimate of drug-likeness (QED) is 0.495. The second-order valence-corrected chi connectivity index (χ2v) is 11.1. The molecule has 0 bridgehead atoms. The molecule has 0 saturated carbocycles. The molecule has 0 saturated heterocycles. The van der Waals surface area contributed by atoms with Gasteiger partial charge in [0, 0.05) is 12.6 Å². The Morgan fingerprint density at radius 1 is 1.06 bits per heavy atom. The van der Waals surface area contributed by atoms with E-state index >= 15 is 0 Å². The normalized spacial score (nSPS) is 13.1. The van der Waals surface area contributed by atoms with Crippen molar-refractivity contribution < 1.29 is 18.0 Å². The first kappa shape index (κ1) is 28.0. The van der Waals surface area contributed by atoms with Crippen molar-refractivity contribution in [3.05, 3.63) is 63.6 Å². The number of hydrogen-bond donors (Lipinski definition) is 1. The summed E-state index contributed by atoms with van der Waals surface area (Å²) in [7, 11) is -3.77. The van der Waals surface area contributed by atoms with Gasteiger partial charge in [-0.25, -0.2) is 8.42 Å². The number of amides is 2. The lowest BCUT2D eigenvalue weighted by Crippen LogP contribution is -2.52. The average molecular weight is 529 g/mol. The Morgan fingerprint density at radius 2 is 1.74 bits per heavy atom. The average Bonchev–Trinajstić information content (AvgIpc) is 2.76. The number of sulfonamides is 1. The molecule has 0 aliphatic carbocycles. The minimum Gasteiger partial charge on any atom is -0.352 e. The zero-order valence-electron chi connectivity index (χ0n) is 20.0. The van der Waals surface area contributed by atoms with Gasteiger partial charge in [0.05, 0.1) is 22.0 Å². The monoisotopic (exact) mass is 527 g/mol. The van der Waals surface area contributed by atoms with Crippen LogP contribution in [0.5, 0.6) is 0 Å². The molecule has 186 valence electrons. The zero-order chi connectivity index (χ0) is 25.6. The first-order valence-electron chi connectivity index (χ1n) is 10.9. The van der Waals surface area contributed by atoms with E-state index in [1.807, 2.05) is 26.8 Å². The fourth-order valence-electron chi connectivity index (χ4n) is 3.28. The lowest BCUT2D eigenvalue weighted by molar-refractivity contribution is -0.139. The molecule has 2 aromatic carbocycles. The van der Waals surface area contributed by atoms with E-state index in [9.17, 15) is 18.0 Å². The molecular formula is C24H31Cl2N3O4S. The van der Waals surface area contributed by atoms with Crippen molar-refractivity contribution in [1.29, 1.82) is 0 Å². The van der Waals surface area contributed by atoms with Gasteiger partial charge in [-0.3, -0.25) is 13.9 Å². The number of nitrogens with one attached hydrogen (secondary N) is 1. The van der Waals surface area contributed by atoms with Crippen LogP contribution < -0.4 is 9.62 Å². The van der Waals surface area contributed by atoms with Crippen LogP contribution in [-0.4, -0.2) is 50.0 Å². The van der Waals surface area contributed by atoms with E-state index in [0.717, 1.165) is 22.5 Å². The summed E-state index contributed by atoms with van der Waals surface area (Å²) < 4.78 is 26.2. The van der Waals surface area contributed by atoms with Crippen LogP contribution >= 0.6 is 23.2 Å². The molecule has 0 unspecified atom stereocenters. The second kappa shape index (κ2) is 11.9. The van der Waals surface area contributed by atoms with E-state index in [1.54, 1.807) is 43.3 Å². The topological polar surface area (TPSA) is 86.8 Å². The summed E-state index contributed by atoms with van der Waals surface area (Å²) in [5.74, 6) is -0.853. The second-order valence-electron chi connectivity index (χ2n) is 8.37. The maximum Gasteiger partial charge on any atom is 0.244 e. The Labute approximate surface area is 212 Å². The van der Waals surface area contributed by atoms with Gasteiger partial charge >= 0.3 is 0 Å². The van der Waals surface area contributed by atoms with Crippen LogP contribution in [-0.2, 0) is 26.2 Å². The largest absolute Gasteiger partial charge is 0.352 e. The summed E-state index contributed by atoms with van der Waals surface area (Å²) in [6.45, 7) is 6.87. The highest BCUT2D eigenvalue weighted by Gasteiger charge is 2.30. The molecule has 0 aliphatic heterocycles. The summed E-state index contributed by atoms with van der Waals surface area (Å²) in [5, 5.41) is 3.57. The lowest BCUT2D eigenvalue weighted by atomic mass is 10.1. The predicted molar refractivity (Wildman–Crippen MR) is 138 cm³/mol. The fraction of sp³-hybridized carbons (Fsp3) is 0.417. The van der Waals surface area contributed by atoms with E-state index in [0.29, 0.717) is 21.3 Å². The van der Waals surface area contributed by atoms with Crippen LogP contribution in [0.4, 0.5) is 5.69 Å². The van der Waals surface area contributed by atoms with Crippen LogP contribution in [0.1, 0.15) is 38.3 Å². The molecule has 2 rings (SSSR count). The molecule has 2 amide bonds. The smallest absolute Gasteiger partial charge is 0.244 e. The molecule has 0 heterocycles. The van der Waals surface area contributed by atoms with E-state index in [4.69, 9.17) is 23.2 Å². The highest BCUT2D eigenvalue weighted by Crippen LogP contribution is 2.24. The summed E-state index contributed by atoms with van der Waals surface area (Å²) in [6.07, 6.45) is 1.78. The van der Waals surface area contributed by atoms with Gasteiger partial charge in [-0.2, -0.15) is 0 Å².